The quantitative estimate of drug-likeness (QED) is 0.862. The van der Waals surface area contributed by atoms with E-state index in [1.807, 2.05) is 24.5 Å². The summed E-state index contributed by atoms with van der Waals surface area (Å²) in [6, 6.07) is 8.13. The Morgan fingerprint density at radius 3 is 2.38 bits per heavy atom. The molecule has 1 aromatic heterocycles. The average molecular weight is 374 g/mol. The zero-order chi connectivity index (χ0) is 18.1. The monoisotopic (exact) mass is 374 g/mol. The van der Waals surface area contributed by atoms with Crippen molar-refractivity contribution in [2.75, 3.05) is 60.6 Å². The lowest BCUT2D eigenvalue weighted by molar-refractivity contribution is 0.388. The van der Waals surface area contributed by atoms with Crippen molar-refractivity contribution in [3.8, 4) is 0 Å². The summed E-state index contributed by atoms with van der Waals surface area (Å²) in [6.07, 6.45) is 4.90. The van der Waals surface area contributed by atoms with E-state index in [2.05, 4.69) is 37.2 Å². The Kier molecular flexibility index (Phi) is 4.41. The number of hydrogen-bond donors (Lipinski definition) is 1. The van der Waals surface area contributed by atoms with Gasteiger partial charge in [0.15, 0.2) is 0 Å². The lowest BCUT2D eigenvalue weighted by atomic mass is 10.2. The minimum atomic E-state index is -3.12. The van der Waals surface area contributed by atoms with Crippen molar-refractivity contribution < 1.29 is 8.42 Å². The van der Waals surface area contributed by atoms with E-state index in [9.17, 15) is 8.42 Å². The summed E-state index contributed by atoms with van der Waals surface area (Å²) in [4.78, 5) is 13.3. The smallest absolute Gasteiger partial charge is 0.230 e. The third-order valence-corrected chi connectivity index (χ3v) is 6.09. The average Bonchev–Trinajstić information content (AvgIpc) is 2.67. The molecule has 0 unspecified atom stereocenters. The summed E-state index contributed by atoms with van der Waals surface area (Å²) in [7, 11) is -3.12. The lowest BCUT2D eigenvalue weighted by Crippen LogP contribution is -2.48. The second-order valence-electron chi connectivity index (χ2n) is 6.49. The van der Waals surface area contributed by atoms with Crippen LogP contribution in [0.3, 0.4) is 0 Å². The van der Waals surface area contributed by atoms with Crippen LogP contribution in [0.1, 0.15) is 0 Å². The van der Waals surface area contributed by atoms with Crippen LogP contribution in [-0.4, -0.2) is 68.2 Å². The van der Waals surface area contributed by atoms with Crippen LogP contribution in [0.15, 0.2) is 36.7 Å². The van der Waals surface area contributed by atoms with Gasteiger partial charge < -0.3 is 15.1 Å². The van der Waals surface area contributed by atoms with Crippen LogP contribution < -0.4 is 15.1 Å². The van der Waals surface area contributed by atoms with Crippen LogP contribution in [0.2, 0.25) is 0 Å². The molecule has 4 rings (SSSR count). The second-order valence-corrected chi connectivity index (χ2v) is 8.47. The highest BCUT2D eigenvalue weighted by Crippen LogP contribution is 2.32. The van der Waals surface area contributed by atoms with Gasteiger partial charge in [-0.1, -0.05) is 12.1 Å². The number of hydrogen-bond acceptors (Lipinski definition) is 7. The molecule has 0 spiro atoms. The van der Waals surface area contributed by atoms with Crippen molar-refractivity contribution in [2.45, 2.75) is 0 Å². The first-order chi connectivity index (χ1) is 12.5. The van der Waals surface area contributed by atoms with Crippen molar-refractivity contribution in [2.24, 2.45) is 0 Å². The molecule has 1 saturated heterocycles. The Bertz CT molecular complexity index is 878. The molecule has 138 valence electrons. The fourth-order valence-corrected chi connectivity index (χ4v) is 4.21. The van der Waals surface area contributed by atoms with Crippen molar-refractivity contribution in [3.63, 3.8) is 0 Å². The Morgan fingerprint density at radius 1 is 1.00 bits per heavy atom. The molecule has 0 atom stereocenters. The number of fused-ring (bicyclic) bond motifs is 1. The van der Waals surface area contributed by atoms with Gasteiger partial charge in [-0.25, -0.2) is 18.4 Å². The fourth-order valence-electron chi connectivity index (χ4n) is 3.38. The lowest BCUT2D eigenvalue weighted by Gasteiger charge is -2.34. The van der Waals surface area contributed by atoms with E-state index in [0.29, 0.717) is 32.1 Å². The number of piperazine rings is 1. The highest BCUT2D eigenvalue weighted by atomic mass is 32.2. The van der Waals surface area contributed by atoms with E-state index in [-0.39, 0.29) is 0 Å². The van der Waals surface area contributed by atoms with Gasteiger partial charge in [-0.15, -0.1) is 0 Å². The summed E-state index contributed by atoms with van der Waals surface area (Å²) in [5.74, 6) is 0.678. The molecular formula is C17H22N6O2S. The number of nitrogens with one attached hydrogen (secondary N) is 1. The van der Waals surface area contributed by atoms with E-state index in [0.717, 1.165) is 30.2 Å². The number of nitrogens with zero attached hydrogens (tertiary/aromatic N) is 5. The van der Waals surface area contributed by atoms with Gasteiger partial charge in [0.25, 0.3) is 0 Å². The van der Waals surface area contributed by atoms with Crippen molar-refractivity contribution in [3.05, 3.63) is 36.7 Å². The van der Waals surface area contributed by atoms with Gasteiger partial charge >= 0.3 is 0 Å². The summed E-state index contributed by atoms with van der Waals surface area (Å²) in [6.45, 7) is 3.93. The molecule has 1 aromatic carbocycles. The molecule has 0 radical (unpaired) electrons. The number of rotatable bonds is 3. The first kappa shape index (κ1) is 17.0. The molecule has 8 nitrogen and oxygen atoms in total. The van der Waals surface area contributed by atoms with Crippen LogP contribution in [0.4, 0.5) is 23.0 Å². The molecule has 2 aliphatic rings. The highest BCUT2D eigenvalue weighted by molar-refractivity contribution is 7.88. The maximum atomic E-state index is 11.6. The molecule has 0 bridgehead atoms. The zero-order valence-electron chi connectivity index (χ0n) is 14.7. The third kappa shape index (κ3) is 3.32. The Labute approximate surface area is 153 Å². The van der Waals surface area contributed by atoms with Crippen molar-refractivity contribution in [1.29, 1.82) is 0 Å². The summed E-state index contributed by atoms with van der Waals surface area (Å²) >= 11 is 0. The molecule has 26 heavy (non-hydrogen) atoms. The van der Waals surface area contributed by atoms with Crippen LogP contribution in [0, 0.1) is 0 Å². The summed E-state index contributed by atoms with van der Waals surface area (Å²) in [5.41, 5.74) is 3.09. The zero-order valence-corrected chi connectivity index (χ0v) is 15.5. The molecule has 0 saturated carbocycles. The molecule has 1 N–H and O–H groups in total. The predicted octanol–water partition coefficient (Wildman–Crippen LogP) is 1.12. The van der Waals surface area contributed by atoms with E-state index in [4.69, 9.17) is 0 Å². The Hall–Kier alpha value is -2.39. The number of sulfonamides is 1. The molecule has 0 amide bonds. The molecule has 2 aliphatic heterocycles. The minimum Gasteiger partial charge on any atom is -0.382 e. The molecule has 1 fully saturated rings. The van der Waals surface area contributed by atoms with E-state index in [1.165, 1.54) is 10.6 Å². The third-order valence-electron chi connectivity index (χ3n) is 4.78. The van der Waals surface area contributed by atoms with Crippen molar-refractivity contribution >= 4 is 33.0 Å². The van der Waals surface area contributed by atoms with Gasteiger partial charge in [0.1, 0.15) is 0 Å². The molecule has 9 heteroatoms. The van der Waals surface area contributed by atoms with Crippen LogP contribution in [-0.2, 0) is 10.0 Å². The fraction of sp³-hybridized carbons (Fsp3) is 0.412. The van der Waals surface area contributed by atoms with Gasteiger partial charge in [0.2, 0.25) is 16.0 Å². The maximum Gasteiger partial charge on any atom is 0.230 e. The van der Waals surface area contributed by atoms with Gasteiger partial charge in [-0.05, 0) is 12.1 Å². The van der Waals surface area contributed by atoms with Gasteiger partial charge in [0, 0.05) is 39.3 Å². The topological polar surface area (TPSA) is 81.7 Å². The standard InChI is InChI=1S/C17H22N6O2S/c1-26(24,25)22-10-8-21(9-11-22)14-12-19-17(20-13-14)23-7-6-18-15-4-2-3-5-16(15)23/h2-5,12-13,18H,6-11H2,1H3. The minimum absolute atomic E-state index is 0.492. The maximum absolute atomic E-state index is 11.6. The largest absolute Gasteiger partial charge is 0.382 e. The van der Waals surface area contributed by atoms with E-state index < -0.39 is 10.0 Å². The SMILES string of the molecule is CS(=O)(=O)N1CCN(c2cnc(N3CCNc4ccccc43)nc2)CC1. The van der Waals surface area contributed by atoms with Gasteiger partial charge in [0.05, 0.1) is 35.7 Å². The number of benzene rings is 1. The Balaban J connectivity index is 1.49. The van der Waals surface area contributed by atoms with E-state index >= 15 is 0 Å². The van der Waals surface area contributed by atoms with E-state index in [1.54, 1.807) is 0 Å². The molecule has 2 aromatic rings. The molecule has 3 heterocycles. The van der Waals surface area contributed by atoms with Gasteiger partial charge in [-0.2, -0.15) is 4.31 Å². The van der Waals surface area contributed by atoms with Gasteiger partial charge in [-0.3, -0.25) is 0 Å². The van der Waals surface area contributed by atoms with Crippen LogP contribution in [0.25, 0.3) is 0 Å². The van der Waals surface area contributed by atoms with Crippen LogP contribution in [0.5, 0.6) is 0 Å². The summed E-state index contributed by atoms with van der Waals surface area (Å²) in [5, 5.41) is 3.38. The molecule has 0 aliphatic carbocycles. The first-order valence-corrected chi connectivity index (χ1v) is 10.5. The predicted molar refractivity (Wildman–Crippen MR) is 103 cm³/mol. The Morgan fingerprint density at radius 2 is 1.69 bits per heavy atom. The normalized spacial score (nSPS) is 18.3. The summed E-state index contributed by atoms with van der Waals surface area (Å²) < 4.78 is 24.8. The number of para-hydroxylation sites is 2. The number of aromatic nitrogens is 2. The highest BCUT2D eigenvalue weighted by Gasteiger charge is 2.24. The first-order valence-electron chi connectivity index (χ1n) is 8.65. The number of anilines is 4. The van der Waals surface area contributed by atoms with Crippen LogP contribution >= 0.6 is 0 Å². The second kappa shape index (κ2) is 6.73. The molecular weight excluding hydrogens is 352 g/mol. The van der Waals surface area contributed by atoms with Crippen molar-refractivity contribution in [1.82, 2.24) is 14.3 Å².